The Labute approximate surface area is 229 Å². The van der Waals surface area contributed by atoms with Gasteiger partial charge in [0.1, 0.15) is 0 Å². The van der Waals surface area contributed by atoms with Gasteiger partial charge in [-0.15, -0.1) is 13.2 Å². The highest BCUT2D eigenvalue weighted by molar-refractivity contribution is 7.90. The zero-order chi connectivity index (χ0) is 28.4. The van der Waals surface area contributed by atoms with Gasteiger partial charge in [-0.2, -0.15) is 0 Å². The lowest BCUT2D eigenvalue weighted by atomic mass is 9.63. The molecule has 4 atom stereocenters. The first-order chi connectivity index (χ1) is 17.8. The molecular weight excluding hydrogens is 498 g/mol. The molecule has 1 aliphatic heterocycles. The minimum Gasteiger partial charge on any atom is -0.462 e. The van der Waals surface area contributed by atoms with Crippen LogP contribution in [0.15, 0.2) is 49.6 Å². The maximum absolute atomic E-state index is 13.9. The minimum absolute atomic E-state index is 0.0173. The molecule has 0 bridgehead atoms. The van der Waals surface area contributed by atoms with Gasteiger partial charge in [0.2, 0.25) is 10.0 Å². The molecule has 3 unspecified atom stereocenters. The third kappa shape index (κ3) is 5.49. The lowest BCUT2D eigenvalue weighted by molar-refractivity contribution is 0.0374. The van der Waals surface area contributed by atoms with Crippen LogP contribution in [-0.2, 0) is 14.8 Å². The van der Waals surface area contributed by atoms with Crippen molar-refractivity contribution in [2.75, 3.05) is 12.4 Å². The van der Waals surface area contributed by atoms with E-state index in [1.165, 1.54) is 12.1 Å². The fourth-order valence-electron chi connectivity index (χ4n) is 6.34. The van der Waals surface area contributed by atoms with E-state index in [0.29, 0.717) is 25.2 Å². The van der Waals surface area contributed by atoms with Crippen LogP contribution in [0.25, 0.3) is 0 Å². The first-order valence-corrected chi connectivity index (χ1v) is 15.5. The summed E-state index contributed by atoms with van der Waals surface area (Å²) in [7, 11) is -3.81. The Hall–Kier alpha value is -2.41. The molecule has 2 aliphatic rings. The van der Waals surface area contributed by atoms with E-state index in [-0.39, 0.29) is 40.4 Å². The first kappa shape index (κ1) is 30.1. The number of nitrogens with zero attached hydrogens (tertiary/aromatic N) is 1. The Morgan fingerprint density at radius 1 is 1.16 bits per heavy atom. The topological polar surface area (TPSA) is 80.8 Å². The number of carbonyl (C=O) groups is 2. The summed E-state index contributed by atoms with van der Waals surface area (Å²) in [6.45, 7) is 18.5. The highest BCUT2D eigenvalue weighted by Gasteiger charge is 2.58. The molecule has 0 aromatic heterocycles. The SMILES string of the molecule is C=CCC(C)(C)[C@](C)(C=C)CCOC(=O)c1ccccc1C(=O)N1C2CC(CC)CCC2(CC)CS1(=O)=O. The number of esters is 1. The molecule has 210 valence electrons. The van der Waals surface area contributed by atoms with Crippen molar-refractivity contribution in [1.29, 1.82) is 0 Å². The van der Waals surface area contributed by atoms with E-state index < -0.39 is 27.3 Å². The molecule has 0 radical (unpaired) electrons. The highest BCUT2D eigenvalue weighted by Crippen LogP contribution is 2.52. The summed E-state index contributed by atoms with van der Waals surface area (Å²) < 4.78 is 33.6. The number of sulfonamides is 1. The number of rotatable bonds is 11. The fraction of sp³-hybridized carbons (Fsp3) is 0.613. The summed E-state index contributed by atoms with van der Waals surface area (Å²) >= 11 is 0. The van der Waals surface area contributed by atoms with Crippen LogP contribution in [0.1, 0.15) is 100 Å². The molecule has 3 rings (SSSR count). The van der Waals surface area contributed by atoms with Crippen molar-refractivity contribution in [3.05, 3.63) is 60.7 Å². The molecule has 6 nitrogen and oxygen atoms in total. The minimum atomic E-state index is -3.81. The summed E-state index contributed by atoms with van der Waals surface area (Å²) in [6, 6.07) is 6.00. The highest BCUT2D eigenvalue weighted by atomic mass is 32.2. The molecule has 1 aliphatic carbocycles. The smallest absolute Gasteiger partial charge is 0.338 e. The van der Waals surface area contributed by atoms with Crippen molar-refractivity contribution in [2.24, 2.45) is 22.2 Å². The quantitative estimate of drug-likeness (QED) is 0.227. The van der Waals surface area contributed by atoms with Crippen molar-refractivity contribution in [3.63, 3.8) is 0 Å². The molecule has 0 N–H and O–H groups in total. The van der Waals surface area contributed by atoms with Crippen molar-refractivity contribution in [3.8, 4) is 0 Å². The Kier molecular flexibility index (Phi) is 9.02. The fourth-order valence-corrected chi connectivity index (χ4v) is 8.80. The van der Waals surface area contributed by atoms with E-state index in [1.807, 2.05) is 19.1 Å². The van der Waals surface area contributed by atoms with Gasteiger partial charge in [-0.05, 0) is 67.4 Å². The van der Waals surface area contributed by atoms with Crippen LogP contribution in [0.5, 0.6) is 0 Å². The predicted molar refractivity (Wildman–Crippen MR) is 152 cm³/mol. The van der Waals surface area contributed by atoms with Crippen molar-refractivity contribution in [2.45, 2.75) is 85.6 Å². The number of allylic oxidation sites excluding steroid dienone is 2. The second kappa shape index (κ2) is 11.4. The van der Waals surface area contributed by atoms with E-state index >= 15 is 0 Å². The van der Waals surface area contributed by atoms with E-state index in [0.717, 1.165) is 30.0 Å². The zero-order valence-corrected chi connectivity index (χ0v) is 24.6. The molecule has 1 aromatic rings. The maximum atomic E-state index is 13.9. The molecule has 7 heteroatoms. The number of carbonyl (C=O) groups excluding carboxylic acids is 2. The van der Waals surface area contributed by atoms with E-state index in [1.54, 1.807) is 12.1 Å². The summed E-state index contributed by atoms with van der Waals surface area (Å²) in [5.74, 6) is -0.891. The summed E-state index contributed by atoms with van der Waals surface area (Å²) in [6.07, 6.45) is 9.21. The van der Waals surface area contributed by atoms with Gasteiger partial charge in [0.25, 0.3) is 5.91 Å². The zero-order valence-electron chi connectivity index (χ0n) is 23.8. The number of amides is 1. The van der Waals surface area contributed by atoms with E-state index in [4.69, 9.17) is 4.74 Å². The van der Waals surface area contributed by atoms with Crippen molar-refractivity contribution >= 4 is 21.9 Å². The second-order valence-corrected chi connectivity index (χ2v) is 13.9. The van der Waals surface area contributed by atoms with Crippen LogP contribution in [0, 0.1) is 22.2 Å². The van der Waals surface area contributed by atoms with Crippen LogP contribution < -0.4 is 0 Å². The number of ether oxygens (including phenoxy) is 1. The number of fused-ring (bicyclic) bond motifs is 1. The number of hydrogen-bond acceptors (Lipinski definition) is 5. The molecule has 1 amide bonds. The molecule has 1 saturated heterocycles. The number of benzene rings is 1. The van der Waals surface area contributed by atoms with Gasteiger partial charge in [0.15, 0.2) is 0 Å². The average molecular weight is 544 g/mol. The van der Waals surface area contributed by atoms with Gasteiger partial charge >= 0.3 is 5.97 Å². The second-order valence-electron chi connectivity index (χ2n) is 12.1. The predicted octanol–water partition coefficient (Wildman–Crippen LogP) is 6.79. The molecule has 1 saturated carbocycles. The van der Waals surface area contributed by atoms with Gasteiger partial charge in [-0.3, -0.25) is 4.79 Å². The maximum Gasteiger partial charge on any atom is 0.338 e. The Balaban J connectivity index is 1.85. The van der Waals surface area contributed by atoms with Crippen LogP contribution in [-0.4, -0.2) is 43.0 Å². The number of hydrogen-bond donors (Lipinski definition) is 0. The monoisotopic (exact) mass is 543 g/mol. The summed E-state index contributed by atoms with van der Waals surface area (Å²) in [5.41, 5.74) is -0.701. The molecule has 1 heterocycles. The van der Waals surface area contributed by atoms with Crippen molar-refractivity contribution < 1.29 is 22.7 Å². The van der Waals surface area contributed by atoms with Crippen molar-refractivity contribution in [1.82, 2.24) is 4.31 Å². The van der Waals surface area contributed by atoms with Crippen LogP contribution in [0.3, 0.4) is 0 Å². The Morgan fingerprint density at radius 3 is 2.39 bits per heavy atom. The standard InChI is InChI=1S/C31H45NO5S/c1-8-17-29(5,6)30(7,10-3)19-20-37-28(34)25-15-13-12-14-24(25)27(33)32-26-21-23(9-2)16-18-31(26,11-4)22-38(32,35)36/h8,10,12-15,23,26H,1,3,9,11,16-22H2,2,4-7H3/t23?,26?,30-,31?/m1/s1. The summed E-state index contributed by atoms with van der Waals surface area (Å²) in [4.78, 5) is 27.1. The normalized spacial score (nSPS) is 26.2. The molecule has 38 heavy (non-hydrogen) atoms. The molecule has 2 fully saturated rings. The Morgan fingerprint density at radius 2 is 1.82 bits per heavy atom. The molecule has 1 aromatic carbocycles. The van der Waals surface area contributed by atoms with Gasteiger partial charge < -0.3 is 4.74 Å². The average Bonchev–Trinajstić information content (AvgIpc) is 3.13. The largest absolute Gasteiger partial charge is 0.462 e. The van der Waals surface area contributed by atoms with Gasteiger partial charge in [-0.1, -0.05) is 65.3 Å². The molecule has 0 spiro atoms. The molecular formula is C31H45NO5S. The van der Waals surface area contributed by atoms with Crippen LogP contribution >= 0.6 is 0 Å². The lowest BCUT2D eigenvalue weighted by Gasteiger charge is -2.42. The van der Waals surface area contributed by atoms with Gasteiger partial charge in [-0.25, -0.2) is 17.5 Å². The van der Waals surface area contributed by atoms with Gasteiger partial charge in [0, 0.05) is 5.41 Å². The lowest BCUT2D eigenvalue weighted by Crippen LogP contribution is -2.47. The van der Waals surface area contributed by atoms with Crippen LogP contribution in [0.4, 0.5) is 0 Å². The van der Waals surface area contributed by atoms with Crippen LogP contribution in [0.2, 0.25) is 0 Å². The summed E-state index contributed by atoms with van der Waals surface area (Å²) in [5, 5.41) is 0. The van der Waals surface area contributed by atoms with E-state index in [2.05, 4.69) is 40.9 Å². The Bertz CT molecular complexity index is 1170. The third-order valence-electron chi connectivity index (χ3n) is 9.73. The first-order valence-electron chi connectivity index (χ1n) is 13.9. The van der Waals surface area contributed by atoms with E-state index in [9.17, 15) is 18.0 Å². The third-order valence-corrected chi connectivity index (χ3v) is 11.7. The van der Waals surface area contributed by atoms with Gasteiger partial charge in [0.05, 0.1) is 29.5 Å².